The summed E-state index contributed by atoms with van der Waals surface area (Å²) >= 11 is 0. The van der Waals surface area contributed by atoms with Gasteiger partial charge in [-0.3, -0.25) is 0 Å². The van der Waals surface area contributed by atoms with E-state index in [9.17, 15) is 0 Å². The molecule has 5 heterocycles. The molecule has 0 amide bonds. The Balaban J connectivity index is 0.000000179. The first-order valence-electron chi connectivity index (χ1n) is 32.7. The zero-order valence-electron chi connectivity index (χ0n) is 57.9. The minimum atomic E-state index is -0.392. The molecule has 15 rings (SSSR count). The molecule has 0 unspecified atom stereocenters. The molecule has 0 spiro atoms. The van der Waals surface area contributed by atoms with Crippen LogP contribution in [0.3, 0.4) is 0 Å². The molecule has 9 heteroatoms. The maximum absolute atomic E-state index is 8.20. The van der Waals surface area contributed by atoms with Crippen molar-refractivity contribution in [3.63, 3.8) is 0 Å². The molecule has 5 nitrogen and oxygen atoms in total. The van der Waals surface area contributed by atoms with Crippen molar-refractivity contribution in [2.75, 3.05) is 0 Å². The van der Waals surface area contributed by atoms with Gasteiger partial charge in [0.25, 0.3) is 0 Å². The molecule has 5 aromatic heterocycles. The molecule has 0 saturated carbocycles. The van der Waals surface area contributed by atoms with Gasteiger partial charge in [0.2, 0.25) is 0 Å². The summed E-state index contributed by atoms with van der Waals surface area (Å²) in [5.41, 5.74) is 22.2. The van der Waals surface area contributed by atoms with Gasteiger partial charge < -0.3 is 24.9 Å². The van der Waals surface area contributed by atoms with Crippen molar-refractivity contribution in [1.29, 1.82) is 0 Å². The molecule has 0 aliphatic rings. The molecule has 0 atom stereocenters. The Morgan fingerprint density at radius 3 is 1.32 bits per heavy atom. The van der Waals surface area contributed by atoms with Crippen molar-refractivity contribution < 1.29 is 87.3 Å². The molecular formula is C87H66Ir4N5-5. The maximum Gasteiger partial charge on any atom is 0.0623 e. The summed E-state index contributed by atoms with van der Waals surface area (Å²) in [5.74, 6) is 0. The van der Waals surface area contributed by atoms with Gasteiger partial charge in [0, 0.05) is 117 Å². The molecule has 0 aliphatic carbocycles. The monoisotopic (exact) mass is 1960 g/mol. The van der Waals surface area contributed by atoms with E-state index in [4.69, 9.17) is 6.85 Å². The number of nitrogens with zero attached hydrogens (tertiary/aromatic N) is 5. The number of benzene rings is 10. The van der Waals surface area contributed by atoms with Crippen LogP contribution < -0.4 is 0 Å². The van der Waals surface area contributed by atoms with E-state index in [-0.39, 0.29) is 110 Å². The predicted octanol–water partition coefficient (Wildman–Crippen LogP) is 21.8. The van der Waals surface area contributed by atoms with Crippen molar-refractivity contribution in [1.82, 2.24) is 24.9 Å². The van der Waals surface area contributed by atoms with Gasteiger partial charge in [0.15, 0.2) is 0 Å². The van der Waals surface area contributed by atoms with Crippen LogP contribution in [-0.2, 0) is 80.4 Å². The van der Waals surface area contributed by atoms with Gasteiger partial charge in [-0.05, 0) is 105 Å². The normalized spacial score (nSPS) is 10.7. The van der Waals surface area contributed by atoms with Crippen molar-refractivity contribution in [3.8, 4) is 101 Å². The Kier molecular flexibility index (Phi) is 26.7. The summed E-state index contributed by atoms with van der Waals surface area (Å²) in [7, 11) is 0. The van der Waals surface area contributed by atoms with Crippen LogP contribution >= 0.6 is 0 Å². The SMILES string of the molecule is Cc1cc(-c2[c-]cccc2)ncc1-c1ccccc1.Cc1cc(-c2ccccn2)[c-]cc1-c1ccccc1.Cc1ccccc1-c1ccnc(-c2[c-]cccc2)c1.[2H]c1c([2H])c([2H])c(-c2c[c-]c(-c3nccc4ccccc34)cc2C)c([2H])c1[2H].[Ir].[Ir].[Ir].[Ir].[c-]1ccccc1-c1ccccn1. The van der Waals surface area contributed by atoms with Gasteiger partial charge in [-0.25, -0.2) is 0 Å². The van der Waals surface area contributed by atoms with Crippen LogP contribution in [0.2, 0.25) is 0 Å². The van der Waals surface area contributed by atoms with Crippen molar-refractivity contribution in [3.05, 3.63) is 381 Å². The van der Waals surface area contributed by atoms with E-state index in [1.807, 2.05) is 195 Å². The third kappa shape index (κ3) is 20.2. The smallest absolute Gasteiger partial charge is 0.0623 e. The quantitative estimate of drug-likeness (QED) is 0.135. The zero-order chi connectivity index (χ0) is 67.5. The number of pyridine rings is 5. The number of hydrogen-bond acceptors (Lipinski definition) is 5. The molecule has 4 radical (unpaired) electrons. The molecule has 480 valence electrons. The van der Waals surface area contributed by atoms with Gasteiger partial charge in [0.1, 0.15) is 0 Å². The Morgan fingerprint density at radius 1 is 0.292 bits per heavy atom. The van der Waals surface area contributed by atoms with E-state index >= 15 is 0 Å². The molecule has 96 heavy (non-hydrogen) atoms. The number of hydrogen-bond donors (Lipinski definition) is 0. The number of fused-ring (bicyclic) bond motifs is 1. The van der Waals surface area contributed by atoms with Crippen molar-refractivity contribution in [2.45, 2.75) is 27.7 Å². The Labute approximate surface area is 626 Å². The second-order valence-electron chi connectivity index (χ2n) is 21.4. The fourth-order valence-corrected chi connectivity index (χ4v) is 10.4. The maximum atomic E-state index is 8.20. The van der Waals surface area contributed by atoms with Crippen LogP contribution in [0.25, 0.3) is 112 Å². The zero-order valence-corrected chi connectivity index (χ0v) is 62.4. The molecule has 0 bridgehead atoms. The fraction of sp³-hybridized carbons (Fsp3) is 0.0460. The predicted molar refractivity (Wildman–Crippen MR) is 381 cm³/mol. The van der Waals surface area contributed by atoms with E-state index in [0.717, 1.165) is 72.6 Å². The second kappa shape index (κ2) is 38.4. The van der Waals surface area contributed by atoms with Gasteiger partial charge in [-0.15, -0.1) is 166 Å². The molecule has 15 aromatic rings. The number of rotatable bonds is 9. The largest absolute Gasteiger partial charge is 0.305 e. The van der Waals surface area contributed by atoms with Crippen molar-refractivity contribution >= 4 is 10.8 Å². The van der Waals surface area contributed by atoms with Crippen LogP contribution in [0.15, 0.2) is 328 Å². The van der Waals surface area contributed by atoms with Crippen LogP contribution in [-0.4, -0.2) is 24.9 Å². The van der Waals surface area contributed by atoms with Gasteiger partial charge in [-0.1, -0.05) is 212 Å². The van der Waals surface area contributed by atoms with Crippen LogP contribution in [0, 0.1) is 58.0 Å². The first kappa shape index (κ1) is 66.8. The molecule has 10 aromatic carbocycles. The summed E-state index contributed by atoms with van der Waals surface area (Å²) in [4.78, 5) is 22.1. The minimum absolute atomic E-state index is 0. The topological polar surface area (TPSA) is 64.5 Å². The Bertz CT molecular complexity index is 4900. The van der Waals surface area contributed by atoms with E-state index in [1.54, 1.807) is 18.5 Å². The summed E-state index contributed by atoms with van der Waals surface area (Å²) in [6, 6.07) is 103. The fourth-order valence-electron chi connectivity index (χ4n) is 10.4. The second-order valence-corrected chi connectivity index (χ2v) is 21.4. The van der Waals surface area contributed by atoms with Crippen molar-refractivity contribution in [2.24, 2.45) is 0 Å². The molecule has 0 fully saturated rings. The van der Waals surface area contributed by atoms with Crippen LogP contribution in [0.4, 0.5) is 0 Å². The van der Waals surface area contributed by atoms with E-state index in [2.05, 4.69) is 167 Å². The standard InChI is InChI=1S/C22H16N.3C18H14N.C11H8N.4Ir/c1-16-15-19(11-12-20(16)17-7-3-2-4-8-17)22-21-10-6-5-9-18(21)13-14-23-22;1-14-12-18(16-10-6-3-7-11-16)19-13-17(14)15-8-4-2-5-9-15;1-14-7-5-6-10-17(14)16-11-12-19-18(13-16)15-8-3-2-4-9-15;1-14-13-16(18-9-5-6-12-19-18)10-11-17(14)15-7-3-2-4-8-15;1-2-6-10(7-3-1)11-8-4-5-9-12-11;;;;/h2-10,12-15H,1H3;2-10,12-13H,1H3;2-8,10-13H,1H3;2-9,11-13H,1H3;1-6,8-9H;;;;/q5*-1;;;;/i2D,3D,4D,7D,8D;;;;;;;;. The van der Waals surface area contributed by atoms with Crippen LogP contribution in [0.1, 0.15) is 29.1 Å². The molecular weight excluding hydrogens is 1880 g/mol. The van der Waals surface area contributed by atoms with E-state index in [1.165, 1.54) is 50.1 Å². The average Bonchev–Trinajstić information content (AvgIpc) is 0.767. The number of aryl methyl sites for hydroxylation is 4. The van der Waals surface area contributed by atoms with E-state index in [0.29, 0.717) is 5.56 Å². The van der Waals surface area contributed by atoms with Gasteiger partial charge >= 0.3 is 0 Å². The molecule has 0 saturated heterocycles. The summed E-state index contributed by atoms with van der Waals surface area (Å²) in [5, 5.41) is 2.09. The van der Waals surface area contributed by atoms with Crippen LogP contribution in [0.5, 0.6) is 0 Å². The van der Waals surface area contributed by atoms with Gasteiger partial charge in [0.05, 0.1) is 6.85 Å². The first-order valence-corrected chi connectivity index (χ1v) is 30.2. The average molecular weight is 1960 g/mol. The molecule has 0 aliphatic heterocycles. The Hall–Kier alpha value is -9.19. The van der Waals surface area contributed by atoms with Gasteiger partial charge in [-0.2, -0.15) is 0 Å². The first-order chi connectivity index (χ1) is 47.4. The third-order valence-electron chi connectivity index (χ3n) is 15.1. The summed E-state index contributed by atoms with van der Waals surface area (Å²) in [6.07, 6.45) is 9.16. The number of aromatic nitrogens is 5. The Morgan fingerprint density at radius 2 is 0.760 bits per heavy atom. The summed E-state index contributed by atoms with van der Waals surface area (Å²) in [6.45, 7) is 8.24. The molecule has 0 N–H and O–H groups in total. The summed E-state index contributed by atoms with van der Waals surface area (Å²) < 4.78 is 39.9. The minimum Gasteiger partial charge on any atom is -0.305 e. The third-order valence-corrected chi connectivity index (χ3v) is 15.1. The van der Waals surface area contributed by atoms with E-state index < -0.39 is 6.04 Å².